The van der Waals surface area contributed by atoms with Crippen LogP contribution in [0.15, 0.2) is 148 Å². The maximum Gasteiger partial charge on any atom is 0.142 e. The Hall–Kier alpha value is -7.30. The second-order valence-electron chi connectivity index (χ2n) is 18.8. The van der Waals surface area contributed by atoms with E-state index in [2.05, 4.69) is 219 Å². The highest BCUT2D eigenvalue weighted by Crippen LogP contribution is 2.48. The first-order valence-corrected chi connectivity index (χ1v) is 22.9. The molecule has 0 fully saturated rings. The first-order chi connectivity index (χ1) is 31.4. The van der Waals surface area contributed by atoms with E-state index in [1.54, 1.807) is 0 Å². The van der Waals surface area contributed by atoms with Gasteiger partial charge in [-0.15, -0.1) is 0 Å². The highest BCUT2D eigenvalue weighted by atomic mass is 16.3. The second kappa shape index (κ2) is 15.2. The van der Waals surface area contributed by atoms with Gasteiger partial charge in [0.1, 0.15) is 22.3 Å². The monoisotopic (exact) mass is 846 g/mol. The molecule has 0 radical (unpaired) electrons. The third kappa shape index (κ3) is 6.41. The van der Waals surface area contributed by atoms with E-state index in [0.717, 1.165) is 71.6 Å². The van der Waals surface area contributed by atoms with Crippen LogP contribution in [0.5, 0.6) is 0 Å². The van der Waals surface area contributed by atoms with Crippen LogP contribution in [0.3, 0.4) is 0 Å². The van der Waals surface area contributed by atoms with E-state index >= 15 is 0 Å². The van der Waals surface area contributed by atoms with E-state index in [1.165, 1.54) is 78.0 Å². The number of benzene rings is 9. The third-order valence-electron chi connectivity index (χ3n) is 13.9. The van der Waals surface area contributed by atoms with Gasteiger partial charge in [-0.1, -0.05) is 98.8 Å². The molecule has 0 N–H and O–H groups in total. The first kappa shape index (κ1) is 40.5. The summed E-state index contributed by atoms with van der Waals surface area (Å²) in [5, 5.41) is 9.08. The van der Waals surface area contributed by atoms with Crippen LogP contribution in [0.25, 0.3) is 65.4 Å². The number of anilines is 6. The zero-order valence-corrected chi connectivity index (χ0v) is 39.1. The topological polar surface area (TPSA) is 32.8 Å². The molecule has 0 aliphatic carbocycles. The summed E-state index contributed by atoms with van der Waals surface area (Å²) in [6.07, 6.45) is 0. The molecule has 11 aromatic rings. The zero-order chi connectivity index (χ0) is 45.0. The average Bonchev–Trinajstić information content (AvgIpc) is 3.80. The summed E-state index contributed by atoms with van der Waals surface area (Å²) >= 11 is 0. The van der Waals surface area contributed by atoms with Crippen molar-refractivity contribution < 1.29 is 8.83 Å². The van der Waals surface area contributed by atoms with E-state index in [1.807, 2.05) is 0 Å². The normalized spacial score (nSPS) is 12.0. The average molecular weight is 847 g/mol. The molecule has 0 saturated heterocycles. The molecule has 320 valence electrons. The van der Waals surface area contributed by atoms with Crippen LogP contribution in [-0.4, -0.2) is 0 Å². The summed E-state index contributed by atoms with van der Waals surface area (Å²) in [6, 6.07) is 51.4. The number of nitrogens with zero attached hydrogens (tertiary/aromatic N) is 2. The quantitative estimate of drug-likeness (QED) is 0.160. The highest BCUT2D eigenvalue weighted by Gasteiger charge is 2.25. The Morgan fingerprint density at radius 3 is 0.969 bits per heavy atom. The van der Waals surface area contributed by atoms with Crippen molar-refractivity contribution in [2.24, 2.45) is 0 Å². The molecule has 11 rings (SSSR count). The zero-order valence-electron chi connectivity index (χ0n) is 39.1. The number of rotatable bonds is 7. The molecule has 65 heavy (non-hydrogen) atoms. The van der Waals surface area contributed by atoms with Gasteiger partial charge in [0.2, 0.25) is 0 Å². The van der Waals surface area contributed by atoms with E-state index in [9.17, 15) is 0 Å². The molecule has 0 aliphatic heterocycles. The van der Waals surface area contributed by atoms with Crippen LogP contribution in [0.2, 0.25) is 0 Å². The molecule has 0 atom stereocenters. The van der Waals surface area contributed by atoms with Crippen molar-refractivity contribution in [3.05, 3.63) is 190 Å². The predicted octanol–water partition coefficient (Wildman–Crippen LogP) is 18.3. The smallest absolute Gasteiger partial charge is 0.142 e. The molecular weight excluding hydrogens is 793 g/mol. The van der Waals surface area contributed by atoms with E-state index in [4.69, 9.17) is 8.83 Å². The lowest BCUT2D eigenvalue weighted by atomic mass is 9.95. The fourth-order valence-corrected chi connectivity index (χ4v) is 10.8. The van der Waals surface area contributed by atoms with Gasteiger partial charge in [-0.2, -0.15) is 0 Å². The lowest BCUT2D eigenvalue weighted by Crippen LogP contribution is -2.15. The van der Waals surface area contributed by atoms with Crippen molar-refractivity contribution in [2.75, 3.05) is 9.80 Å². The maximum absolute atomic E-state index is 6.97. The molecule has 4 nitrogen and oxygen atoms in total. The molecule has 0 saturated carbocycles. The number of furan rings is 2. The summed E-state index contributed by atoms with van der Waals surface area (Å²) in [5.41, 5.74) is 21.7. The number of fused-ring (bicyclic) bond motifs is 8. The molecule has 9 aromatic carbocycles. The van der Waals surface area contributed by atoms with Crippen molar-refractivity contribution >= 4 is 99.5 Å². The maximum atomic E-state index is 6.97. The van der Waals surface area contributed by atoms with Crippen molar-refractivity contribution in [3.8, 4) is 0 Å². The van der Waals surface area contributed by atoms with Gasteiger partial charge in [0.15, 0.2) is 0 Å². The van der Waals surface area contributed by atoms with E-state index < -0.39 is 0 Å². The van der Waals surface area contributed by atoms with Gasteiger partial charge in [0, 0.05) is 38.5 Å². The standard InChI is InChI=1S/C61H54N2O2/c1-34(2)55-60-51(49-29-43-23-25-47(27-45(43)31-53(49)64-60)62(56-35(3)15-11-16-36(56)4)57-37(5)17-12-18-38(57)6)33-52-50-30-44-24-26-48(28-46(44)32-54(50)65-61(52)55)63(58-39(7)19-13-20-40(58)8)59-41(9)21-14-22-42(59)10/h11-34H,1-10H3. The molecule has 2 aromatic heterocycles. The van der Waals surface area contributed by atoms with Crippen LogP contribution in [0.4, 0.5) is 34.1 Å². The molecule has 0 aliphatic rings. The summed E-state index contributed by atoms with van der Waals surface area (Å²) in [6.45, 7) is 22.2. The minimum absolute atomic E-state index is 0.163. The molecule has 0 spiro atoms. The van der Waals surface area contributed by atoms with Crippen molar-refractivity contribution in [1.82, 2.24) is 0 Å². The Labute approximate surface area is 381 Å². The number of aryl methyl sites for hydroxylation is 8. The summed E-state index contributed by atoms with van der Waals surface area (Å²) in [5.74, 6) is 0.163. The summed E-state index contributed by atoms with van der Waals surface area (Å²) in [7, 11) is 0. The van der Waals surface area contributed by atoms with Crippen LogP contribution in [0.1, 0.15) is 69.8 Å². The minimum atomic E-state index is 0.163. The summed E-state index contributed by atoms with van der Waals surface area (Å²) in [4.78, 5) is 4.90. The first-order valence-electron chi connectivity index (χ1n) is 22.9. The van der Waals surface area contributed by atoms with Crippen LogP contribution >= 0.6 is 0 Å². The van der Waals surface area contributed by atoms with Crippen molar-refractivity contribution in [2.45, 2.75) is 75.2 Å². The Balaban J connectivity index is 1.07. The Morgan fingerprint density at radius 1 is 0.338 bits per heavy atom. The molecule has 4 heteroatoms. The second-order valence-corrected chi connectivity index (χ2v) is 18.8. The fourth-order valence-electron chi connectivity index (χ4n) is 10.8. The Kier molecular flexibility index (Phi) is 9.44. The highest BCUT2D eigenvalue weighted by molar-refractivity contribution is 6.20. The van der Waals surface area contributed by atoms with Gasteiger partial charge in [-0.05, 0) is 182 Å². The van der Waals surface area contributed by atoms with Crippen molar-refractivity contribution in [1.29, 1.82) is 0 Å². The van der Waals surface area contributed by atoms with Crippen molar-refractivity contribution in [3.63, 3.8) is 0 Å². The molecule has 0 amide bonds. The van der Waals surface area contributed by atoms with Gasteiger partial charge in [0.25, 0.3) is 0 Å². The lowest BCUT2D eigenvalue weighted by molar-refractivity contribution is 0.638. The summed E-state index contributed by atoms with van der Waals surface area (Å²) < 4.78 is 13.9. The predicted molar refractivity (Wildman–Crippen MR) is 277 cm³/mol. The van der Waals surface area contributed by atoms with E-state index in [0.29, 0.717) is 0 Å². The number of hydrogen-bond donors (Lipinski definition) is 0. The van der Waals surface area contributed by atoms with Crippen LogP contribution in [0, 0.1) is 55.4 Å². The van der Waals surface area contributed by atoms with Gasteiger partial charge in [-0.25, -0.2) is 0 Å². The van der Waals surface area contributed by atoms with Gasteiger partial charge >= 0.3 is 0 Å². The molecule has 0 bridgehead atoms. The third-order valence-corrected chi connectivity index (χ3v) is 13.9. The Morgan fingerprint density at radius 2 is 0.662 bits per heavy atom. The minimum Gasteiger partial charge on any atom is -0.456 e. The number of hydrogen-bond acceptors (Lipinski definition) is 4. The van der Waals surface area contributed by atoms with E-state index in [-0.39, 0.29) is 5.92 Å². The van der Waals surface area contributed by atoms with Gasteiger partial charge < -0.3 is 18.6 Å². The van der Waals surface area contributed by atoms with Crippen LogP contribution in [-0.2, 0) is 0 Å². The molecule has 0 unspecified atom stereocenters. The van der Waals surface area contributed by atoms with Gasteiger partial charge in [0.05, 0.1) is 22.7 Å². The molecular formula is C61H54N2O2. The SMILES string of the molecule is Cc1cccc(C)c1N(c1ccc2cc3c(cc2c1)oc1c(C(C)C)c2oc4cc5cc(N(c6c(C)cccc6C)c6c(C)cccc6C)ccc5cc4c2cc13)c1c(C)cccc1C. The van der Waals surface area contributed by atoms with Crippen LogP contribution < -0.4 is 9.80 Å². The lowest BCUT2D eigenvalue weighted by Gasteiger charge is -2.31. The fraction of sp³-hybridized carbons (Fsp3) is 0.180. The number of para-hydroxylation sites is 4. The largest absolute Gasteiger partial charge is 0.456 e. The van der Waals surface area contributed by atoms with Gasteiger partial charge in [-0.3, -0.25) is 0 Å². The Bertz CT molecular complexity index is 3330. The molecule has 2 heterocycles.